The van der Waals surface area contributed by atoms with Gasteiger partial charge in [-0.15, -0.1) is 0 Å². The highest BCUT2D eigenvalue weighted by Gasteiger charge is 2.19. The molecule has 2 heterocycles. The molecule has 0 bridgehead atoms. The van der Waals surface area contributed by atoms with Crippen molar-refractivity contribution >= 4 is 5.69 Å². The predicted molar refractivity (Wildman–Crippen MR) is 92.9 cm³/mol. The number of piperazine rings is 1. The van der Waals surface area contributed by atoms with Crippen LogP contribution in [0.1, 0.15) is 16.8 Å². The summed E-state index contributed by atoms with van der Waals surface area (Å²) in [6.45, 7) is 7.02. The van der Waals surface area contributed by atoms with Crippen LogP contribution < -0.4 is 10.5 Å². The molecule has 1 aliphatic rings. The Morgan fingerprint density at radius 1 is 1.16 bits per heavy atom. The Morgan fingerprint density at radius 2 is 1.80 bits per heavy atom. The fraction of sp³-hybridized carbons (Fsp3) is 0.389. The molecule has 1 aliphatic heterocycles. The molecule has 0 amide bonds. The van der Waals surface area contributed by atoms with Gasteiger partial charge in [-0.2, -0.15) is 10.4 Å². The van der Waals surface area contributed by atoms with Gasteiger partial charge in [-0.1, -0.05) is 0 Å². The van der Waals surface area contributed by atoms with Crippen LogP contribution in [0.4, 0.5) is 10.1 Å². The largest absolute Gasteiger partial charge is 0.369 e. The minimum absolute atomic E-state index is 0.164. The standard InChI is InChI=1S/C18H20FN5O/c1-13-14(2)21-24(18(25)17(13)11-20)12-22-7-9-23(10-8-22)16-5-3-15(19)4-6-16/h3-6H,7-10,12H2,1-2H3. The molecular formula is C18H20FN5O. The number of aromatic nitrogens is 2. The quantitative estimate of drug-likeness (QED) is 0.849. The van der Waals surface area contributed by atoms with Crippen LogP contribution in [-0.2, 0) is 6.67 Å². The van der Waals surface area contributed by atoms with Gasteiger partial charge in [0.25, 0.3) is 5.56 Å². The van der Waals surface area contributed by atoms with Crippen molar-refractivity contribution in [1.82, 2.24) is 14.7 Å². The third-order valence-corrected chi connectivity index (χ3v) is 4.65. The first-order chi connectivity index (χ1) is 12.0. The summed E-state index contributed by atoms with van der Waals surface area (Å²) in [4.78, 5) is 16.7. The lowest BCUT2D eigenvalue weighted by Gasteiger charge is -2.36. The molecule has 6 nitrogen and oxygen atoms in total. The van der Waals surface area contributed by atoms with Crippen LogP contribution in [-0.4, -0.2) is 40.9 Å². The number of benzene rings is 1. The van der Waals surface area contributed by atoms with Gasteiger partial charge in [-0.3, -0.25) is 9.69 Å². The molecule has 0 aliphatic carbocycles. The minimum Gasteiger partial charge on any atom is -0.369 e. The first-order valence-electron chi connectivity index (χ1n) is 8.21. The average Bonchev–Trinajstić information content (AvgIpc) is 2.62. The highest BCUT2D eigenvalue weighted by Crippen LogP contribution is 2.17. The average molecular weight is 341 g/mol. The first-order valence-corrected chi connectivity index (χ1v) is 8.21. The molecule has 0 N–H and O–H groups in total. The summed E-state index contributed by atoms with van der Waals surface area (Å²) in [7, 11) is 0. The lowest BCUT2D eigenvalue weighted by molar-refractivity contribution is 0.190. The monoisotopic (exact) mass is 341 g/mol. The first kappa shape index (κ1) is 17.1. The smallest absolute Gasteiger partial charge is 0.286 e. The number of rotatable bonds is 3. The molecule has 1 saturated heterocycles. The van der Waals surface area contributed by atoms with E-state index in [0.29, 0.717) is 17.9 Å². The highest BCUT2D eigenvalue weighted by molar-refractivity contribution is 5.46. The molecule has 0 radical (unpaired) electrons. The summed E-state index contributed by atoms with van der Waals surface area (Å²) >= 11 is 0. The summed E-state index contributed by atoms with van der Waals surface area (Å²) in [6, 6.07) is 8.46. The van der Waals surface area contributed by atoms with Crippen molar-refractivity contribution in [1.29, 1.82) is 5.26 Å². The fourth-order valence-electron chi connectivity index (χ4n) is 2.99. The van der Waals surface area contributed by atoms with Gasteiger partial charge in [0.15, 0.2) is 0 Å². The van der Waals surface area contributed by atoms with Gasteiger partial charge in [-0.05, 0) is 43.7 Å². The molecule has 3 rings (SSSR count). The minimum atomic E-state index is -0.341. The lowest BCUT2D eigenvalue weighted by atomic mass is 10.1. The van der Waals surface area contributed by atoms with Crippen molar-refractivity contribution in [2.75, 3.05) is 31.1 Å². The molecule has 0 atom stereocenters. The van der Waals surface area contributed by atoms with Gasteiger partial charge in [-0.25, -0.2) is 9.07 Å². The number of nitrogens with zero attached hydrogens (tertiary/aromatic N) is 5. The van der Waals surface area contributed by atoms with Crippen LogP contribution in [0, 0.1) is 31.0 Å². The van der Waals surface area contributed by atoms with Crippen molar-refractivity contribution in [3.8, 4) is 6.07 Å². The molecule has 2 aromatic rings. The molecule has 25 heavy (non-hydrogen) atoms. The zero-order valence-corrected chi connectivity index (χ0v) is 14.4. The fourth-order valence-corrected chi connectivity index (χ4v) is 2.99. The van der Waals surface area contributed by atoms with Gasteiger partial charge in [0, 0.05) is 31.9 Å². The van der Waals surface area contributed by atoms with Gasteiger partial charge in [0.2, 0.25) is 0 Å². The van der Waals surface area contributed by atoms with Crippen LogP contribution in [0.3, 0.4) is 0 Å². The van der Waals surface area contributed by atoms with Crippen LogP contribution in [0.2, 0.25) is 0 Å². The molecule has 0 saturated carbocycles. The zero-order valence-electron chi connectivity index (χ0n) is 14.4. The third-order valence-electron chi connectivity index (χ3n) is 4.65. The van der Waals surface area contributed by atoms with E-state index < -0.39 is 0 Å². The maximum atomic E-state index is 13.0. The van der Waals surface area contributed by atoms with Crippen molar-refractivity contribution in [3.63, 3.8) is 0 Å². The van der Waals surface area contributed by atoms with Crippen molar-refractivity contribution in [3.05, 3.63) is 57.3 Å². The molecule has 130 valence electrons. The Hall–Kier alpha value is -2.72. The van der Waals surface area contributed by atoms with Crippen LogP contribution >= 0.6 is 0 Å². The zero-order chi connectivity index (χ0) is 18.0. The second-order valence-corrected chi connectivity index (χ2v) is 6.22. The van der Waals surface area contributed by atoms with E-state index in [9.17, 15) is 14.4 Å². The van der Waals surface area contributed by atoms with Gasteiger partial charge < -0.3 is 4.90 Å². The predicted octanol–water partition coefficient (Wildman–Crippen LogP) is 1.65. The molecule has 0 unspecified atom stereocenters. The van der Waals surface area contributed by atoms with Gasteiger partial charge in [0.05, 0.1) is 12.4 Å². The molecule has 0 spiro atoms. The SMILES string of the molecule is Cc1nn(CN2CCN(c3ccc(F)cc3)CC2)c(=O)c(C#N)c1C. The number of hydrogen-bond donors (Lipinski definition) is 0. The summed E-state index contributed by atoms with van der Waals surface area (Å²) in [5.41, 5.74) is 2.16. The van der Waals surface area contributed by atoms with E-state index in [1.807, 2.05) is 6.07 Å². The van der Waals surface area contributed by atoms with Crippen LogP contribution in [0.5, 0.6) is 0 Å². The lowest BCUT2D eigenvalue weighted by Crippen LogP contribution is -2.48. The van der Waals surface area contributed by atoms with E-state index >= 15 is 0 Å². The number of nitriles is 1. The van der Waals surface area contributed by atoms with E-state index in [1.165, 1.54) is 16.8 Å². The molecular weight excluding hydrogens is 321 g/mol. The summed E-state index contributed by atoms with van der Waals surface area (Å²) in [5, 5.41) is 13.5. The number of anilines is 1. The van der Waals surface area contributed by atoms with Crippen molar-refractivity contribution in [2.45, 2.75) is 20.5 Å². The van der Waals surface area contributed by atoms with E-state index in [2.05, 4.69) is 14.9 Å². The topological polar surface area (TPSA) is 65.2 Å². The van der Waals surface area contributed by atoms with Gasteiger partial charge in [0.1, 0.15) is 17.4 Å². The Kier molecular flexibility index (Phi) is 4.81. The Labute approximate surface area is 145 Å². The Bertz CT molecular complexity index is 861. The van der Waals surface area contributed by atoms with Crippen LogP contribution in [0.15, 0.2) is 29.1 Å². The molecule has 1 aromatic carbocycles. The van der Waals surface area contributed by atoms with Crippen LogP contribution in [0.25, 0.3) is 0 Å². The normalized spacial score (nSPS) is 15.2. The summed E-state index contributed by atoms with van der Waals surface area (Å²) in [6.07, 6.45) is 0. The highest BCUT2D eigenvalue weighted by atomic mass is 19.1. The third kappa shape index (κ3) is 3.54. The van der Waals surface area contributed by atoms with E-state index in [4.69, 9.17) is 0 Å². The summed E-state index contributed by atoms with van der Waals surface area (Å²) < 4.78 is 14.4. The van der Waals surface area contributed by atoms with E-state index in [0.717, 1.165) is 31.9 Å². The molecule has 1 fully saturated rings. The molecule has 1 aromatic heterocycles. The number of halogens is 1. The van der Waals surface area contributed by atoms with Crippen molar-refractivity contribution in [2.24, 2.45) is 0 Å². The van der Waals surface area contributed by atoms with E-state index in [-0.39, 0.29) is 16.9 Å². The Balaban J connectivity index is 1.69. The Morgan fingerprint density at radius 3 is 2.40 bits per heavy atom. The second kappa shape index (κ2) is 7.03. The molecule has 7 heteroatoms. The van der Waals surface area contributed by atoms with E-state index in [1.54, 1.807) is 26.0 Å². The summed E-state index contributed by atoms with van der Waals surface area (Å²) in [5.74, 6) is -0.240. The maximum Gasteiger partial charge on any atom is 0.286 e. The number of hydrogen-bond acceptors (Lipinski definition) is 5. The van der Waals surface area contributed by atoms with Crippen molar-refractivity contribution < 1.29 is 4.39 Å². The van der Waals surface area contributed by atoms with Gasteiger partial charge >= 0.3 is 0 Å². The maximum absolute atomic E-state index is 13.0. The second-order valence-electron chi connectivity index (χ2n) is 6.22. The number of aryl methyl sites for hydroxylation is 1.